The van der Waals surface area contributed by atoms with Gasteiger partial charge in [-0.2, -0.15) is 5.26 Å². The van der Waals surface area contributed by atoms with Gasteiger partial charge in [0.1, 0.15) is 11.8 Å². The van der Waals surface area contributed by atoms with Crippen LogP contribution < -0.4 is 5.32 Å². The van der Waals surface area contributed by atoms with E-state index in [9.17, 15) is 10.4 Å². The molecule has 2 aromatic rings. The minimum Gasteiger partial charge on any atom is -0.508 e. The number of benzene rings is 2. The van der Waals surface area contributed by atoms with Crippen molar-refractivity contribution in [1.29, 1.82) is 5.26 Å². The van der Waals surface area contributed by atoms with Crippen molar-refractivity contribution in [3.8, 4) is 11.8 Å². The first-order valence-corrected chi connectivity index (χ1v) is 6.17. The fourth-order valence-electron chi connectivity index (χ4n) is 2.10. The number of hydrogen-bond donors (Lipinski definition) is 2. The Hall–Kier alpha value is -2.47. The van der Waals surface area contributed by atoms with Crippen LogP contribution in [-0.2, 0) is 0 Å². The third kappa shape index (κ3) is 2.69. The van der Waals surface area contributed by atoms with Crippen molar-refractivity contribution >= 4 is 5.69 Å². The molecular weight excluding hydrogens is 236 g/mol. The molecule has 19 heavy (non-hydrogen) atoms. The van der Waals surface area contributed by atoms with Gasteiger partial charge in [0.15, 0.2) is 0 Å². The van der Waals surface area contributed by atoms with Crippen molar-refractivity contribution < 1.29 is 5.11 Å². The fourth-order valence-corrected chi connectivity index (χ4v) is 2.10. The van der Waals surface area contributed by atoms with Gasteiger partial charge in [0, 0.05) is 5.56 Å². The van der Waals surface area contributed by atoms with Gasteiger partial charge in [0.05, 0.1) is 17.3 Å². The summed E-state index contributed by atoms with van der Waals surface area (Å²) in [6.07, 6.45) is 0. The van der Waals surface area contributed by atoms with Crippen LogP contribution in [0.4, 0.5) is 5.69 Å². The average Bonchev–Trinajstić information content (AvgIpc) is 2.39. The third-order valence-electron chi connectivity index (χ3n) is 3.16. The molecule has 0 bridgehead atoms. The number of aryl methyl sites for hydroxylation is 1. The summed E-state index contributed by atoms with van der Waals surface area (Å²) in [5.74, 6) is 0.258. The Morgan fingerprint density at radius 2 is 1.89 bits per heavy atom. The van der Waals surface area contributed by atoms with E-state index >= 15 is 0 Å². The molecule has 1 atom stereocenters. The summed E-state index contributed by atoms with van der Waals surface area (Å²) in [6, 6.07) is 15.0. The number of nitrogens with one attached hydrogen (secondary N) is 1. The predicted octanol–water partition coefficient (Wildman–Crippen LogP) is 3.75. The molecule has 3 heteroatoms. The number of aromatic hydroxyl groups is 1. The lowest BCUT2D eigenvalue weighted by atomic mass is 10.0. The molecule has 2 N–H and O–H groups in total. The highest BCUT2D eigenvalue weighted by molar-refractivity contribution is 5.61. The van der Waals surface area contributed by atoms with Crippen LogP contribution in [0.5, 0.6) is 5.75 Å². The Labute approximate surface area is 113 Å². The highest BCUT2D eigenvalue weighted by atomic mass is 16.3. The molecule has 0 heterocycles. The maximum absolute atomic E-state index is 9.84. The first-order chi connectivity index (χ1) is 9.13. The van der Waals surface area contributed by atoms with Gasteiger partial charge >= 0.3 is 0 Å². The number of rotatable bonds is 3. The molecule has 2 rings (SSSR count). The van der Waals surface area contributed by atoms with Crippen LogP contribution in [0.3, 0.4) is 0 Å². The quantitative estimate of drug-likeness (QED) is 0.874. The lowest BCUT2D eigenvalue weighted by Crippen LogP contribution is -2.08. The van der Waals surface area contributed by atoms with E-state index in [0.29, 0.717) is 5.56 Å². The van der Waals surface area contributed by atoms with E-state index in [-0.39, 0.29) is 11.8 Å². The van der Waals surface area contributed by atoms with E-state index in [0.717, 1.165) is 16.8 Å². The van der Waals surface area contributed by atoms with Crippen molar-refractivity contribution in [2.24, 2.45) is 0 Å². The van der Waals surface area contributed by atoms with E-state index in [4.69, 9.17) is 0 Å². The monoisotopic (exact) mass is 252 g/mol. The Kier molecular flexibility index (Phi) is 3.72. The minimum absolute atomic E-state index is 0.0740. The largest absolute Gasteiger partial charge is 0.508 e. The molecule has 3 nitrogen and oxygen atoms in total. The lowest BCUT2D eigenvalue weighted by Gasteiger charge is -2.18. The highest BCUT2D eigenvalue weighted by Crippen LogP contribution is 2.28. The van der Waals surface area contributed by atoms with E-state index in [2.05, 4.69) is 11.4 Å². The van der Waals surface area contributed by atoms with Gasteiger partial charge in [-0.05, 0) is 31.5 Å². The second-order valence-corrected chi connectivity index (χ2v) is 4.53. The first kappa shape index (κ1) is 13.0. The molecule has 0 saturated heterocycles. The van der Waals surface area contributed by atoms with Gasteiger partial charge in [0.2, 0.25) is 0 Å². The summed E-state index contributed by atoms with van der Waals surface area (Å²) in [4.78, 5) is 0. The first-order valence-electron chi connectivity index (χ1n) is 6.17. The molecule has 0 radical (unpaired) electrons. The molecule has 0 aliphatic heterocycles. The number of phenolic OH excluding ortho intramolecular Hbond substituents is 1. The van der Waals surface area contributed by atoms with Crippen molar-refractivity contribution in [3.05, 3.63) is 59.2 Å². The standard InChI is InChI=1S/C16H16N2O/c1-11-6-5-8-15(14(11)10-17)18-12(2)13-7-3-4-9-16(13)19/h3-9,12,18-19H,1-2H3. The Balaban J connectivity index is 2.30. The van der Waals surface area contributed by atoms with Gasteiger partial charge < -0.3 is 10.4 Å². The number of hydrogen-bond acceptors (Lipinski definition) is 3. The second-order valence-electron chi connectivity index (χ2n) is 4.53. The van der Waals surface area contributed by atoms with Crippen molar-refractivity contribution in [3.63, 3.8) is 0 Å². The zero-order valence-corrected chi connectivity index (χ0v) is 11.0. The lowest BCUT2D eigenvalue weighted by molar-refractivity contribution is 0.465. The minimum atomic E-state index is -0.0740. The maximum Gasteiger partial charge on any atom is 0.120 e. The number of nitriles is 1. The number of nitrogens with zero attached hydrogens (tertiary/aromatic N) is 1. The number of para-hydroxylation sites is 1. The summed E-state index contributed by atoms with van der Waals surface area (Å²) in [7, 11) is 0. The van der Waals surface area contributed by atoms with E-state index in [1.165, 1.54) is 0 Å². The predicted molar refractivity (Wildman–Crippen MR) is 76.0 cm³/mol. The molecule has 2 aromatic carbocycles. The SMILES string of the molecule is Cc1cccc(NC(C)c2ccccc2O)c1C#N. The van der Waals surface area contributed by atoms with Crippen LogP contribution in [0.1, 0.15) is 29.7 Å². The van der Waals surface area contributed by atoms with Crippen molar-refractivity contribution in [1.82, 2.24) is 0 Å². The van der Waals surface area contributed by atoms with Crippen LogP contribution in [0, 0.1) is 18.3 Å². The highest BCUT2D eigenvalue weighted by Gasteiger charge is 2.12. The van der Waals surface area contributed by atoms with Gasteiger partial charge in [-0.25, -0.2) is 0 Å². The molecule has 1 unspecified atom stereocenters. The zero-order chi connectivity index (χ0) is 13.8. The van der Waals surface area contributed by atoms with Gasteiger partial charge in [0.25, 0.3) is 0 Å². The van der Waals surface area contributed by atoms with E-state index in [1.807, 2.05) is 44.2 Å². The number of phenols is 1. The zero-order valence-electron chi connectivity index (χ0n) is 11.0. The topological polar surface area (TPSA) is 56.0 Å². The fraction of sp³-hybridized carbons (Fsp3) is 0.188. The third-order valence-corrected chi connectivity index (χ3v) is 3.16. The Morgan fingerprint density at radius 1 is 1.16 bits per heavy atom. The Bertz CT molecular complexity index is 629. The molecule has 0 aliphatic carbocycles. The Morgan fingerprint density at radius 3 is 2.58 bits per heavy atom. The van der Waals surface area contributed by atoms with E-state index in [1.54, 1.807) is 12.1 Å². The second kappa shape index (κ2) is 5.45. The molecule has 0 saturated carbocycles. The molecule has 0 amide bonds. The molecular formula is C16H16N2O. The molecule has 0 aromatic heterocycles. The summed E-state index contributed by atoms with van der Waals surface area (Å²) >= 11 is 0. The summed E-state index contributed by atoms with van der Waals surface area (Å²) in [6.45, 7) is 3.87. The molecule has 0 fully saturated rings. The molecule has 0 aliphatic rings. The van der Waals surface area contributed by atoms with Crippen molar-refractivity contribution in [2.75, 3.05) is 5.32 Å². The summed E-state index contributed by atoms with van der Waals surface area (Å²) in [5.41, 5.74) is 3.19. The summed E-state index contributed by atoms with van der Waals surface area (Å²) < 4.78 is 0. The normalized spacial score (nSPS) is 11.6. The van der Waals surface area contributed by atoms with Crippen LogP contribution in [0.15, 0.2) is 42.5 Å². The summed E-state index contributed by atoms with van der Waals surface area (Å²) in [5, 5.41) is 22.3. The smallest absolute Gasteiger partial charge is 0.120 e. The van der Waals surface area contributed by atoms with Crippen LogP contribution in [-0.4, -0.2) is 5.11 Å². The molecule has 96 valence electrons. The average molecular weight is 252 g/mol. The maximum atomic E-state index is 9.84. The van der Waals surface area contributed by atoms with Crippen LogP contribution in [0.25, 0.3) is 0 Å². The van der Waals surface area contributed by atoms with Crippen LogP contribution >= 0.6 is 0 Å². The number of anilines is 1. The van der Waals surface area contributed by atoms with E-state index < -0.39 is 0 Å². The van der Waals surface area contributed by atoms with Gasteiger partial charge in [-0.15, -0.1) is 0 Å². The van der Waals surface area contributed by atoms with Crippen molar-refractivity contribution in [2.45, 2.75) is 19.9 Å². The molecule has 0 spiro atoms. The van der Waals surface area contributed by atoms with Gasteiger partial charge in [-0.1, -0.05) is 30.3 Å². The van der Waals surface area contributed by atoms with Gasteiger partial charge in [-0.3, -0.25) is 0 Å². The van der Waals surface area contributed by atoms with Crippen LogP contribution in [0.2, 0.25) is 0 Å².